The third-order valence-electron chi connectivity index (χ3n) is 6.39. The Morgan fingerprint density at radius 3 is 1.60 bits per heavy atom. The van der Waals surface area contributed by atoms with Crippen LogP contribution in [0.15, 0.2) is 0 Å². The quantitative estimate of drug-likeness (QED) is 0.591. The first kappa shape index (κ1) is 14.4. The van der Waals surface area contributed by atoms with Crippen LogP contribution in [0.5, 0.6) is 0 Å². The van der Waals surface area contributed by atoms with E-state index in [0.717, 1.165) is 17.8 Å². The van der Waals surface area contributed by atoms with Gasteiger partial charge in [-0.15, -0.1) is 11.6 Å². The van der Waals surface area contributed by atoms with E-state index in [1.165, 1.54) is 59.1 Å². The van der Waals surface area contributed by atoms with Crippen LogP contribution >= 0.6 is 11.6 Å². The molecular formula is C19H27Cl. The molecule has 0 spiro atoms. The molecule has 20 heavy (non-hydrogen) atoms. The smallest absolute Gasteiger partial charge is 0.0624 e. The monoisotopic (exact) mass is 290 g/mol. The van der Waals surface area contributed by atoms with Gasteiger partial charge in [-0.1, -0.05) is 12.8 Å². The topological polar surface area (TPSA) is 0 Å². The lowest BCUT2D eigenvalue weighted by Gasteiger charge is -2.22. The van der Waals surface area contributed by atoms with Gasteiger partial charge in [-0.2, -0.15) is 0 Å². The second kappa shape index (κ2) is 5.05. The summed E-state index contributed by atoms with van der Waals surface area (Å²) in [6, 6.07) is 0. The number of alkyl halides is 1. The van der Waals surface area contributed by atoms with Crippen molar-refractivity contribution in [2.75, 3.05) is 0 Å². The lowest BCUT2D eigenvalue weighted by Crippen LogP contribution is -2.07. The molecule has 0 radical (unpaired) electrons. The molecule has 0 aliphatic heterocycles. The lowest BCUT2D eigenvalue weighted by molar-refractivity contribution is 0.480. The Kier molecular flexibility index (Phi) is 3.65. The van der Waals surface area contributed by atoms with Crippen molar-refractivity contribution in [1.29, 1.82) is 0 Å². The SMILES string of the molecule is Cc1c(C)c(C)c(C(Cl)C2C3CCCCC32)c(C)c1C. The molecule has 0 aromatic heterocycles. The summed E-state index contributed by atoms with van der Waals surface area (Å²) in [6.45, 7) is 11.3. The fourth-order valence-corrected chi connectivity index (χ4v) is 5.32. The number of hydrogen-bond acceptors (Lipinski definition) is 0. The van der Waals surface area contributed by atoms with Gasteiger partial charge in [-0.3, -0.25) is 0 Å². The zero-order valence-corrected chi connectivity index (χ0v) is 14.3. The predicted octanol–water partition coefficient (Wildman–Crippen LogP) is 5.94. The summed E-state index contributed by atoms with van der Waals surface area (Å²) in [4.78, 5) is 0. The van der Waals surface area contributed by atoms with Gasteiger partial charge in [0.25, 0.3) is 0 Å². The van der Waals surface area contributed by atoms with Crippen molar-refractivity contribution in [3.63, 3.8) is 0 Å². The first-order valence-corrected chi connectivity index (χ1v) is 8.59. The van der Waals surface area contributed by atoms with E-state index in [1.54, 1.807) is 0 Å². The zero-order chi connectivity index (χ0) is 14.6. The molecule has 3 rings (SSSR count). The standard InChI is InChI=1S/C19H27Cl/c1-10-11(2)13(4)17(14(5)12(10)3)19(20)18-15-8-6-7-9-16(15)18/h15-16,18-19H,6-9H2,1-5H3. The van der Waals surface area contributed by atoms with Gasteiger partial charge in [-0.05, 0) is 98.6 Å². The summed E-state index contributed by atoms with van der Waals surface area (Å²) < 4.78 is 0. The molecule has 1 aromatic carbocycles. The molecule has 0 bridgehead atoms. The molecule has 2 aliphatic carbocycles. The van der Waals surface area contributed by atoms with Crippen molar-refractivity contribution >= 4 is 11.6 Å². The molecule has 0 nitrogen and oxygen atoms in total. The van der Waals surface area contributed by atoms with Crippen molar-refractivity contribution in [1.82, 2.24) is 0 Å². The van der Waals surface area contributed by atoms with Crippen LogP contribution in [0.4, 0.5) is 0 Å². The number of rotatable bonds is 2. The first-order chi connectivity index (χ1) is 9.45. The highest BCUT2D eigenvalue weighted by Gasteiger charge is 2.54. The molecule has 0 amide bonds. The minimum absolute atomic E-state index is 0.237. The van der Waals surface area contributed by atoms with Crippen molar-refractivity contribution in [2.24, 2.45) is 17.8 Å². The van der Waals surface area contributed by atoms with Gasteiger partial charge < -0.3 is 0 Å². The molecular weight excluding hydrogens is 264 g/mol. The molecule has 0 heterocycles. The largest absolute Gasteiger partial charge is 0.117 e. The molecule has 110 valence electrons. The van der Waals surface area contributed by atoms with Gasteiger partial charge in [0, 0.05) is 0 Å². The lowest BCUT2D eigenvalue weighted by atomic mass is 9.86. The molecule has 1 heteroatoms. The van der Waals surface area contributed by atoms with Crippen LogP contribution in [0.1, 0.15) is 64.4 Å². The highest BCUT2D eigenvalue weighted by Crippen LogP contribution is 2.62. The van der Waals surface area contributed by atoms with Crippen LogP contribution in [0.25, 0.3) is 0 Å². The summed E-state index contributed by atoms with van der Waals surface area (Å²) in [5.74, 6) is 2.59. The fourth-order valence-electron chi connectivity index (χ4n) is 4.62. The Bertz CT molecular complexity index is 502. The van der Waals surface area contributed by atoms with E-state index in [-0.39, 0.29) is 5.38 Å². The van der Waals surface area contributed by atoms with Gasteiger partial charge >= 0.3 is 0 Å². The highest BCUT2D eigenvalue weighted by molar-refractivity contribution is 6.21. The minimum atomic E-state index is 0.237. The first-order valence-electron chi connectivity index (χ1n) is 8.16. The third kappa shape index (κ3) is 2.03. The highest BCUT2D eigenvalue weighted by atomic mass is 35.5. The summed E-state index contributed by atoms with van der Waals surface area (Å²) in [5.41, 5.74) is 8.66. The maximum absolute atomic E-state index is 6.99. The van der Waals surface area contributed by atoms with Crippen LogP contribution in [-0.2, 0) is 0 Å². The molecule has 0 N–H and O–H groups in total. The van der Waals surface area contributed by atoms with Gasteiger partial charge in [0.1, 0.15) is 0 Å². The summed E-state index contributed by atoms with van der Waals surface area (Å²) in [5, 5.41) is 0.237. The Hall–Kier alpha value is -0.490. The second-order valence-electron chi connectivity index (χ2n) is 7.13. The van der Waals surface area contributed by atoms with E-state index in [4.69, 9.17) is 11.6 Å². The van der Waals surface area contributed by atoms with Crippen molar-refractivity contribution in [2.45, 2.75) is 65.7 Å². The Morgan fingerprint density at radius 1 is 0.750 bits per heavy atom. The van der Waals surface area contributed by atoms with Crippen LogP contribution in [0.2, 0.25) is 0 Å². The van der Waals surface area contributed by atoms with Crippen LogP contribution in [-0.4, -0.2) is 0 Å². The van der Waals surface area contributed by atoms with Crippen LogP contribution in [0.3, 0.4) is 0 Å². The molecule has 0 saturated heterocycles. The van der Waals surface area contributed by atoms with E-state index in [1.807, 2.05) is 0 Å². The fraction of sp³-hybridized carbons (Fsp3) is 0.684. The maximum Gasteiger partial charge on any atom is 0.0624 e. The van der Waals surface area contributed by atoms with E-state index < -0.39 is 0 Å². The minimum Gasteiger partial charge on any atom is -0.117 e. The second-order valence-corrected chi connectivity index (χ2v) is 7.60. The van der Waals surface area contributed by atoms with Crippen molar-refractivity contribution in [3.8, 4) is 0 Å². The molecule has 2 saturated carbocycles. The van der Waals surface area contributed by atoms with Crippen LogP contribution < -0.4 is 0 Å². The average molecular weight is 291 g/mol. The summed E-state index contributed by atoms with van der Waals surface area (Å²) in [7, 11) is 0. The van der Waals surface area contributed by atoms with Gasteiger partial charge in [0.05, 0.1) is 5.38 Å². The summed E-state index contributed by atoms with van der Waals surface area (Å²) in [6.07, 6.45) is 5.68. The van der Waals surface area contributed by atoms with E-state index in [9.17, 15) is 0 Å². The Morgan fingerprint density at radius 2 is 1.15 bits per heavy atom. The van der Waals surface area contributed by atoms with Gasteiger partial charge in [-0.25, -0.2) is 0 Å². The number of halogens is 1. The summed E-state index contributed by atoms with van der Waals surface area (Å²) >= 11 is 6.99. The maximum atomic E-state index is 6.99. The Labute approximate surface area is 128 Å². The number of hydrogen-bond donors (Lipinski definition) is 0. The number of benzene rings is 1. The van der Waals surface area contributed by atoms with Crippen molar-refractivity contribution < 1.29 is 0 Å². The van der Waals surface area contributed by atoms with Gasteiger partial charge in [0.15, 0.2) is 0 Å². The van der Waals surface area contributed by atoms with E-state index >= 15 is 0 Å². The third-order valence-corrected chi connectivity index (χ3v) is 6.90. The van der Waals surface area contributed by atoms with Crippen molar-refractivity contribution in [3.05, 3.63) is 33.4 Å². The Balaban J connectivity index is 1.98. The van der Waals surface area contributed by atoms with E-state index in [2.05, 4.69) is 34.6 Å². The molecule has 3 atom stereocenters. The van der Waals surface area contributed by atoms with Gasteiger partial charge in [0.2, 0.25) is 0 Å². The molecule has 1 aromatic rings. The predicted molar refractivity (Wildman–Crippen MR) is 87.7 cm³/mol. The molecule has 2 fully saturated rings. The zero-order valence-electron chi connectivity index (χ0n) is 13.5. The molecule has 3 unspecified atom stereocenters. The molecule has 2 aliphatic rings. The average Bonchev–Trinajstić information content (AvgIpc) is 3.17. The van der Waals surface area contributed by atoms with Crippen LogP contribution in [0, 0.1) is 52.4 Å². The van der Waals surface area contributed by atoms with E-state index in [0.29, 0.717) is 0 Å². The number of fused-ring (bicyclic) bond motifs is 1. The normalized spacial score (nSPS) is 30.0.